The van der Waals surface area contributed by atoms with E-state index in [0.717, 1.165) is 25.3 Å². The summed E-state index contributed by atoms with van der Waals surface area (Å²) in [6, 6.07) is 3.76. The molecule has 3 rings (SSSR count). The third-order valence-electron chi connectivity index (χ3n) is 3.76. The molecule has 1 heterocycles. The van der Waals surface area contributed by atoms with Gasteiger partial charge in [0.25, 0.3) is 5.91 Å². The molecule has 2 atom stereocenters. The van der Waals surface area contributed by atoms with Crippen LogP contribution in [0.5, 0.6) is 5.75 Å². The van der Waals surface area contributed by atoms with Crippen LogP contribution in [0.15, 0.2) is 18.2 Å². The molecule has 0 spiro atoms. The minimum atomic E-state index is -0.709. The highest BCUT2D eigenvalue weighted by atomic mass is 19.1. The smallest absolute Gasteiger partial charge is 0.258 e. The van der Waals surface area contributed by atoms with Gasteiger partial charge in [0.05, 0.1) is 12.1 Å². The molecule has 2 aliphatic rings. The maximum Gasteiger partial charge on any atom is 0.258 e. The molecule has 0 aromatic heterocycles. The lowest BCUT2D eigenvalue weighted by atomic mass is 10.1. The average Bonchev–Trinajstić information content (AvgIpc) is 3.10. The molecule has 1 aliphatic heterocycles. The number of benzene rings is 1. The second-order valence-electron chi connectivity index (χ2n) is 5.18. The Kier molecular flexibility index (Phi) is 3.14. The topological polar surface area (TPSA) is 58.6 Å². The van der Waals surface area contributed by atoms with Gasteiger partial charge in [-0.1, -0.05) is 6.07 Å². The maximum absolute atomic E-state index is 13.6. The molecule has 0 radical (unpaired) electrons. The molecule has 2 unspecified atom stereocenters. The number of hydrogen-bond donors (Lipinski definition) is 2. The Hall–Kier alpha value is -1.62. The number of nitrogens with one attached hydrogen (secondary N) is 1. The van der Waals surface area contributed by atoms with Gasteiger partial charge in [0, 0.05) is 6.61 Å². The summed E-state index contributed by atoms with van der Waals surface area (Å²) in [7, 11) is 0. The van der Waals surface area contributed by atoms with Crippen LogP contribution in [0.25, 0.3) is 0 Å². The van der Waals surface area contributed by atoms with Crippen molar-refractivity contribution in [2.45, 2.75) is 31.4 Å². The highest BCUT2D eigenvalue weighted by Crippen LogP contribution is 2.38. The van der Waals surface area contributed by atoms with Crippen LogP contribution < -0.4 is 5.32 Å². The summed E-state index contributed by atoms with van der Waals surface area (Å²) in [4.78, 5) is 12.1. The average molecular weight is 265 g/mol. The molecule has 5 heteroatoms. The molecule has 1 saturated carbocycles. The van der Waals surface area contributed by atoms with Crippen LogP contribution in [0.2, 0.25) is 0 Å². The molecule has 0 bridgehead atoms. The maximum atomic E-state index is 13.6. The lowest BCUT2D eigenvalue weighted by Crippen LogP contribution is -2.41. The van der Waals surface area contributed by atoms with Crippen molar-refractivity contribution in [1.29, 1.82) is 0 Å². The molecule has 1 amide bonds. The molecule has 2 fully saturated rings. The minimum Gasteiger partial charge on any atom is -0.507 e. The number of carbonyl (C=O) groups is 1. The molecule has 2 N–H and O–H groups in total. The fraction of sp³-hybridized carbons (Fsp3) is 0.500. The second kappa shape index (κ2) is 4.81. The summed E-state index contributed by atoms with van der Waals surface area (Å²) in [6.07, 6.45) is 3.03. The number of hydrogen-bond acceptors (Lipinski definition) is 3. The highest BCUT2D eigenvalue weighted by molar-refractivity contribution is 5.97. The molecule has 4 nitrogen and oxygen atoms in total. The van der Waals surface area contributed by atoms with E-state index in [4.69, 9.17) is 4.74 Å². The van der Waals surface area contributed by atoms with Gasteiger partial charge >= 0.3 is 0 Å². The molecule has 19 heavy (non-hydrogen) atoms. The first-order valence-corrected chi connectivity index (χ1v) is 6.57. The molecular formula is C14H16FNO3. The Bertz CT molecular complexity index is 481. The number of phenolic OH excluding ortho intramolecular Hbond substituents is 1. The van der Waals surface area contributed by atoms with E-state index in [0.29, 0.717) is 12.5 Å². The Morgan fingerprint density at radius 2 is 2.16 bits per heavy atom. The standard InChI is InChI=1S/C14H16FNO3/c15-9-2-1-3-11(17)12(9)14(18)16-10-6-7-19-13(10)8-4-5-8/h1-3,8,10,13,17H,4-7H2,(H,16,18). The lowest BCUT2D eigenvalue weighted by molar-refractivity contribution is 0.0726. The van der Waals surface area contributed by atoms with Crippen LogP contribution in [0, 0.1) is 11.7 Å². The molecular weight excluding hydrogens is 249 g/mol. The van der Waals surface area contributed by atoms with Gasteiger partial charge in [-0.15, -0.1) is 0 Å². The predicted molar refractivity (Wildman–Crippen MR) is 66.4 cm³/mol. The summed E-state index contributed by atoms with van der Waals surface area (Å²) < 4.78 is 19.2. The van der Waals surface area contributed by atoms with Crippen molar-refractivity contribution in [2.24, 2.45) is 5.92 Å². The Labute approximate surface area is 110 Å². The zero-order valence-corrected chi connectivity index (χ0v) is 10.4. The van der Waals surface area contributed by atoms with E-state index in [-0.39, 0.29) is 23.5 Å². The highest BCUT2D eigenvalue weighted by Gasteiger charge is 2.41. The number of aromatic hydroxyl groups is 1. The van der Waals surface area contributed by atoms with Crippen molar-refractivity contribution in [3.05, 3.63) is 29.6 Å². The van der Waals surface area contributed by atoms with E-state index < -0.39 is 11.7 Å². The zero-order valence-electron chi connectivity index (χ0n) is 10.4. The van der Waals surface area contributed by atoms with E-state index in [2.05, 4.69) is 5.32 Å². The molecule has 1 saturated heterocycles. The van der Waals surface area contributed by atoms with E-state index in [1.54, 1.807) is 0 Å². The summed E-state index contributed by atoms with van der Waals surface area (Å²) in [5.41, 5.74) is -0.288. The van der Waals surface area contributed by atoms with Crippen LogP contribution in [-0.4, -0.2) is 29.8 Å². The molecule has 1 aromatic carbocycles. The number of halogens is 1. The Balaban J connectivity index is 1.74. The second-order valence-corrected chi connectivity index (χ2v) is 5.18. The van der Waals surface area contributed by atoms with E-state index >= 15 is 0 Å². The van der Waals surface area contributed by atoms with Crippen molar-refractivity contribution in [2.75, 3.05) is 6.61 Å². The van der Waals surface area contributed by atoms with Gasteiger partial charge in [-0.25, -0.2) is 4.39 Å². The quantitative estimate of drug-likeness (QED) is 0.876. The number of rotatable bonds is 3. The summed E-state index contributed by atoms with van der Waals surface area (Å²) in [6.45, 7) is 0.620. The molecule has 102 valence electrons. The normalized spacial score (nSPS) is 26.4. The number of ether oxygens (including phenoxy) is 1. The van der Waals surface area contributed by atoms with Gasteiger partial charge in [-0.3, -0.25) is 4.79 Å². The van der Waals surface area contributed by atoms with Crippen molar-refractivity contribution < 1.29 is 19.0 Å². The Morgan fingerprint density at radius 1 is 1.37 bits per heavy atom. The summed E-state index contributed by atoms with van der Waals surface area (Å²) in [5, 5.41) is 12.4. The summed E-state index contributed by atoms with van der Waals surface area (Å²) in [5.74, 6) is -1.10. The first kappa shape index (κ1) is 12.4. The van der Waals surface area contributed by atoms with Crippen LogP contribution in [0.3, 0.4) is 0 Å². The van der Waals surface area contributed by atoms with Crippen molar-refractivity contribution in [3.63, 3.8) is 0 Å². The third kappa shape index (κ3) is 2.42. The van der Waals surface area contributed by atoms with Gasteiger partial charge in [-0.2, -0.15) is 0 Å². The minimum absolute atomic E-state index is 0.0397. The van der Waals surface area contributed by atoms with Crippen molar-refractivity contribution >= 4 is 5.91 Å². The largest absolute Gasteiger partial charge is 0.507 e. The Morgan fingerprint density at radius 3 is 2.84 bits per heavy atom. The van der Waals surface area contributed by atoms with Gasteiger partial charge in [0.15, 0.2) is 0 Å². The summed E-state index contributed by atoms with van der Waals surface area (Å²) >= 11 is 0. The first-order chi connectivity index (χ1) is 9.16. The fourth-order valence-corrected chi connectivity index (χ4v) is 2.63. The van der Waals surface area contributed by atoms with Crippen LogP contribution in [0.4, 0.5) is 4.39 Å². The van der Waals surface area contributed by atoms with Crippen molar-refractivity contribution in [1.82, 2.24) is 5.32 Å². The van der Waals surface area contributed by atoms with Crippen LogP contribution in [-0.2, 0) is 4.74 Å². The number of phenols is 1. The van der Waals surface area contributed by atoms with Gasteiger partial charge in [-0.05, 0) is 37.3 Å². The van der Waals surface area contributed by atoms with E-state index in [9.17, 15) is 14.3 Å². The molecule has 1 aromatic rings. The van der Waals surface area contributed by atoms with Gasteiger partial charge in [0.1, 0.15) is 17.1 Å². The fourth-order valence-electron chi connectivity index (χ4n) is 2.63. The van der Waals surface area contributed by atoms with E-state index in [1.165, 1.54) is 12.1 Å². The van der Waals surface area contributed by atoms with Crippen LogP contribution in [0.1, 0.15) is 29.6 Å². The predicted octanol–water partition coefficient (Wildman–Crippen LogP) is 1.83. The monoisotopic (exact) mass is 265 g/mol. The van der Waals surface area contributed by atoms with Gasteiger partial charge < -0.3 is 15.2 Å². The third-order valence-corrected chi connectivity index (χ3v) is 3.76. The van der Waals surface area contributed by atoms with Crippen molar-refractivity contribution in [3.8, 4) is 5.75 Å². The molecule has 1 aliphatic carbocycles. The van der Waals surface area contributed by atoms with Gasteiger partial charge in [0.2, 0.25) is 0 Å². The zero-order chi connectivity index (χ0) is 13.4. The number of amides is 1. The lowest BCUT2D eigenvalue weighted by Gasteiger charge is -2.19. The first-order valence-electron chi connectivity index (χ1n) is 6.57. The number of carbonyl (C=O) groups excluding carboxylic acids is 1. The van der Waals surface area contributed by atoms with E-state index in [1.807, 2.05) is 0 Å². The SMILES string of the molecule is O=C(NC1CCOC1C1CC1)c1c(O)cccc1F. The van der Waals surface area contributed by atoms with Crippen LogP contribution >= 0.6 is 0 Å².